The van der Waals surface area contributed by atoms with Crippen molar-refractivity contribution < 1.29 is 14.0 Å². The summed E-state index contributed by atoms with van der Waals surface area (Å²) in [5.41, 5.74) is 0.359. The normalized spacial score (nSPS) is 10.4. The number of benzene rings is 1. The second kappa shape index (κ2) is 7.82. The number of amides is 2. The number of halogens is 1. The van der Waals surface area contributed by atoms with Crippen LogP contribution in [-0.2, 0) is 4.79 Å². The molecule has 0 spiro atoms. The number of nitrogens with one attached hydrogen (secondary N) is 1. The molecule has 2 aromatic rings. The van der Waals surface area contributed by atoms with E-state index in [0.717, 1.165) is 11.3 Å². The van der Waals surface area contributed by atoms with Crippen molar-refractivity contribution in [1.82, 2.24) is 9.88 Å². The Morgan fingerprint density at radius 3 is 2.57 bits per heavy atom. The quantitative estimate of drug-likeness (QED) is 0.882. The Kier molecular flexibility index (Phi) is 5.81. The predicted octanol–water partition coefficient (Wildman–Crippen LogP) is 3.08. The van der Waals surface area contributed by atoms with Crippen LogP contribution < -0.4 is 5.32 Å². The molecule has 23 heavy (non-hydrogen) atoms. The fourth-order valence-electron chi connectivity index (χ4n) is 2.04. The first-order valence-corrected chi connectivity index (χ1v) is 8.08. The van der Waals surface area contributed by atoms with E-state index in [1.807, 2.05) is 13.8 Å². The predicted molar refractivity (Wildman–Crippen MR) is 88.1 cm³/mol. The van der Waals surface area contributed by atoms with Gasteiger partial charge < -0.3 is 10.2 Å². The van der Waals surface area contributed by atoms with Crippen molar-refractivity contribution in [2.75, 3.05) is 18.4 Å². The van der Waals surface area contributed by atoms with Crippen LogP contribution >= 0.6 is 11.3 Å². The molecule has 0 radical (unpaired) electrons. The van der Waals surface area contributed by atoms with E-state index in [-0.39, 0.29) is 18.4 Å². The van der Waals surface area contributed by atoms with Gasteiger partial charge in [0.15, 0.2) is 5.13 Å². The first-order chi connectivity index (χ1) is 11.0. The van der Waals surface area contributed by atoms with Crippen molar-refractivity contribution in [3.8, 4) is 0 Å². The number of nitrogens with zero attached hydrogens (tertiary/aromatic N) is 2. The Hall–Kier alpha value is -2.28. The maximum Gasteiger partial charge on any atom is 0.254 e. The van der Waals surface area contributed by atoms with Crippen LogP contribution in [0.2, 0.25) is 0 Å². The van der Waals surface area contributed by atoms with E-state index in [1.165, 1.54) is 40.5 Å². The minimum atomic E-state index is -0.402. The molecule has 0 saturated heterocycles. The summed E-state index contributed by atoms with van der Waals surface area (Å²) in [6, 6.07) is 5.30. The van der Waals surface area contributed by atoms with Crippen LogP contribution in [0.5, 0.6) is 0 Å². The average molecular weight is 335 g/mol. The average Bonchev–Trinajstić information content (AvgIpc) is 2.92. The topological polar surface area (TPSA) is 62.3 Å². The highest BCUT2D eigenvalue weighted by Crippen LogP contribution is 2.16. The molecule has 0 aliphatic carbocycles. The monoisotopic (exact) mass is 335 g/mol. The molecule has 122 valence electrons. The highest BCUT2D eigenvalue weighted by Gasteiger charge is 2.18. The van der Waals surface area contributed by atoms with Gasteiger partial charge in [-0.25, -0.2) is 9.37 Å². The van der Waals surface area contributed by atoms with Gasteiger partial charge in [-0.05, 0) is 37.6 Å². The van der Waals surface area contributed by atoms with Crippen LogP contribution in [0.1, 0.15) is 28.6 Å². The summed E-state index contributed by atoms with van der Waals surface area (Å²) >= 11 is 1.37. The zero-order chi connectivity index (χ0) is 16.8. The Balaban J connectivity index is 2.03. The van der Waals surface area contributed by atoms with E-state index in [9.17, 15) is 14.0 Å². The molecule has 2 amide bonds. The molecule has 1 heterocycles. The van der Waals surface area contributed by atoms with Gasteiger partial charge in [-0.3, -0.25) is 9.59 Å². The van der Waals surface area contributed by atoms with Crippen molar-refractivity contribution in [3.05, 3.63) is 46.7 Å². The molecule has 1 aromatic carbocycles. The molecule has 0 fully saturated rings. The van der Waals surface area contributed by atoms with E-state index >= 15 is 0 Å². The Morgan fingerprint density at radius 2 is 2.00 bits per heavy atom. The molecule has 5 nitrogen and oxygen atoms in total. The third-order valence-corrected chi connectivity index (χ3v) is 3.90. The van der Waals surface area contributed by atoms with Gasteiger partial charge >= 0.3 is 0 Å². The number of aryl methyl sites for hydroxylation is 1. The van der Waals surface area contributed by atoms with Gasteiger partial charge in [-0.1, -0.05) is 6.92 Å². The zero-order valence-electron chi connectivity index (χ0n) is 13.0. The minimum Gasteiger partial charge on any atom is -0.329 e. The molecular weight excluding hydrogens is 317 g/mol. The highest BCUT2D eigenvalue weighted by molar-refractivity contribution is 7.15. The second-order valence-corrected chi connectivity index (χ2v) is 6.29. The standard InChI is InChI=1S/C16H18FN3O2S/c1-3-8-20(15(22)12-4-6-13(17)7-5-12)10-14(21)19-16-18-9-11(2)23-16/h4-7,9H,3,8,10H2,1-2H3,(H,18,19,21). The first-order valence-electron chi connectivity index (χ1n) is 7.26. The molecule has 0 atom stereocenters. The van der Waals surface area contributed by atoms with Gasteiger partial charge in [0.2, 0.25) is 5.91 Å². The summed E-state index contributed by atoms with van der Waals surface area (Å²) in [5, 5.41) is 3.19. The Bertz CT molecular complexity index is 685. The molecule has 1 N–H and O–H groups in total. The van der Waals surface area contributed by atoms with Gasteiger partial charge in [-0.15, -0.1) is 11.3 Å². The van der Waals surface area contributed by atoms with Crippen molar-refractivity contribution in [3.63, 3.8) is 0 Å². The van der Waals surface area contributed by atoms with Crippen molar-refractivity contribution >= 4 is 28.3 Å². The lowest BCUT2D eigenvalue weighted by atomic mass is 10.2. The lowest BCUT2D eigenvalue weighted by Crippen LogP contribution is -2.38. The maximum absolute atomic E-state index is 13.0. The van der Waals surface area contributed by atoms with Gasteiger partial charge in [0.1, 0.15) is 12.4 Å². The number of anilines is 1. The van der Waals surface area contributed by atoms with E-state index in [4.69, 9.17) is 0 Å². The highest BCUT2D eigenvalue weighted by atomic mass is 32.1. The SMILES string of the molecule is CCCN(CC(=O)Nc1ncc(C)s1)C(=O)c1ccc(F)cc1. The van der Waals surface area contributed by atoms with E-state index < -0.39 is 5.82 Å². The lowest BCUT2D eigenvalue weighted by molar-refractivity contribution is -0.116. The van der Waals surface area contributed by atoms with Crippen LogP contribution in [0.4, 0.5) is 9.52 Å². The molecule has 0 aliphatic rings. The lowest BCUT2D eigenvalue weighted by Gasteiger charge is -2.21. The van der Waals surface area contributed by atoms with Gasteiger partial charge in [0.25, 0.3) is 5.91 Å². The third-order valence-electron chi connectivity index (χ3n) is 3.07. The Labute approximate surface area is 138 Å². The molecule has 0 saturated carbocycles. The molecule has 7 heteroatoms. The fourth-order valence-corrected chi connectivity index (χ4v) is 2.72. The maximum atomic E-state index is 13.0. The summed E-state index contributed by atoms with van der Waals surface area (Å²) in [4.78, 5) is 31.1. The summed E-state index contributed by atoms with van der Waals surface area (Å²) in [7, 11) is 0. The molecule has 0 bridgehead atoms. The molecule has 2 rings (SSSR count). The van der Waals surface area contributed by atoms with Crippen LogP contribution in [-0.4, -0.2) is 34.8 Å². The largest absolute Gasteiger partial charge is 0.329 e. The number of rotatable bonds is 6. The van der Waals surface area contributed by atoms with Crippen molar-refractivity contribution in [1.29, 1.82) is 0 Å². The smallest absolute Gasteiger partial charge is 0.254 e. The molecule has 0 unspecified atom stereocenters. The van der Waals surface area contributed by atoms with Gasteiger partial charge in [-0.2, -0.15) is 0 Å². The molecular formula is C16H18FN3O2S. The van der Waals surface area contributed by atoms with E-state index in [0.29, 0.717) is 17.2 Å². The summed E-state index contributed by atoms with van der Waals surface area (Å²) < 4.78 is 13.0. The fraction of sp³-hybridized carbons (Fsp3) is 0.312. The zero-order valence-corrected chi connectivity index (χ0v) is 13.8. The number of carbonyl (C=O) groups is 2. The number of aromatic nitrogens is 1. The summed E-state index contributed by atoms with van der Waals surface area (Å²) in [6.07, 6.45) is 2.39. The minimum absolute atomic E-state index is 0.0668. The van der Waals surface area contributed by atoms with Crippen molar-refractivity contribution in [2.24, 2.45) is 0 Å². The van der Waals surface area contributed by atoms with Crippen molar-refractivity contribution in [2.45, 2.75) is 20.3 Å². The number of hydrogen-bond donors (Lipinski definition) is 1. The van der Waals surface area contributed by atoms with Crippen LogP contribution in [0, 0.1) is 12.7 Å². The first kappa shape index (κ1) is 17.1. The number of thiazole rings is 1. The molecule has 0 aliphatic heterocycles. The van der Waals surface area contributed by atoms with E-state index in [1.54, 1.807) is 6.20 Å². The van der Waals surface area contributed by atoms with Crippen LogP contribution in [0.3, 0.4) is 0 Å². The van der Waals surface area contributed by atoms with Gasteiger partial charge in [0.05, 0.1) is 0 Å². The third kappa shape index (κ3) is 4.85. The van der Waals surface area contributed by atoms with Gasteiger partial charge in [0, 0.05) is 23.2 Å². The van der Waals surface area contributed by atoms with Crippen LogP contribution in [0.25, 0.3) is 0 Å². The second-order valence-electron chi connectivity index (χ2n) is 5.06. The summed E-state index contributed by atoms with van der Waals surface area (Å²) in [6.45, 7) is 4.20. The number of carbonyl (C=O) groups excluding carboxylic acids is 2. The Morgan fingerprint density at radius 1 is 1.30 bits per heavy atom. The van der Waals surface area contributed by atoms with Crippen LogP contribution in [0.15, 0.2) is 30.5 Å². The summed E-state index contributed by atoms with van der Waals surface area (Å²) in [5.74, 6) is -0.999. The molecule has 1 aromatic heterocycles. The number of hydrogen-bond acceptors (Lipinski definition) is 4. The van der Waals surface area contributed by atoms with E-state index in [2.05, 4.69) is 10.3 Å².